The Balaban J connectivity index is 1.45. The van der Waals surface area contributed by atoms with E-state index in [1.54, 1.807) is 0 Å². The maximum Gasteiger partial charge on any atom is 0.259 e. The molecule has 0 radical (unpaired) electrons. The average molecular weight is 455 g/mol. The second kappa shape index (κ2) is 9.37. The van der Waals surface area contributed by atoms with Gasteiger partial charge in [0.05, 0.1) is 5.56 Å². The number of aryl methyl sites for hydroxylation is 1. The predicted octanol–water partition coefficient (Wildman–Crippen LogP) is 4.01. The summed E-state index contributed by atoms with van der Waals surface area (Å²) in [7, 11) is 2.15. The summed E-state index contributed by atoms with van der Waals surface area (Å²) in [6.07, 6.45) is 2.06. The highest BCUT2D eigenvalue weighted by atomic mass is 16.1. The van der Waals surface area contributed by atoms with Gasteiger partial charge in [-0.3, -0.25) is 14.1 Å². The lowest BCUT2D eigenvalue weighted by Crippen LogP contribution is -2.43. The highest BCUT2D eigenvalue weighted by Crippen LogP contribution is 2.29. The summed E-state index contributed by atoms with van der Waals surface area (Å²) >= 11 is 0. The third kappa shape index (κ3) is 4.44. The minimum Gasteiger partial charge on any atom is -0.322 e. The Kier molecular flexibility index (Phi) is 6.13. The number of anilines is 1. The van der Waals surface area contributed by atoms with Gasteiger partial charge in [0.25, 0.3) is 5.91 Å². The van der Waals surface area contributed by atoms with Crippen LogP contribution in [0.25, 0.3) is 16.8 Å². The van der Waals surface area contributed by atoms with Crippen molar-refractivity contribution in [2.24, 2.45) is 0 Å². The number of benzene rings is 2. The molecule has 5 rings (SSSR count). The minimum absolute atomic E-state index is 0.175. The molecule has 0 unspecified atom stereocenters. The molecule has 7 nitrogen and oxygen atoms in total. The second-order valence-electron chi connectivity index (χ2n) is 9.08. The first-order chi connectivity index (χ1) is 16.5. The monoisotopic (exact) mass is 454 g/mol. The van der Waals surface area contributed by atoms with Crippen LogP contribution in [0, 0.1) is 13.8 Å². The first-order valence-corrected chi connectivity index (χ1v) is 11.7. The minimum atomic E-state index is -0.175. The van der Waals surface area contributed by atoms with Gasteiger partial charge in [-0.25, -0.2) is 0 Å². The van der Waals surface area contributed by atoms with Crippen LogP contribution in [0.5, 0.6) is 0 Å². The zero-order chi connectivity index (χ0) is 23.7. The molecule has 4 aromatic rings. The SMILES string of the molecule is Cc1c(NC(=O)c2cc(CN3CCN(C)CC3)cn3c(C)nnc23)cccc1-c1ccccc1. The molecule has 0 atom stereocenters. The summed E-state index contributed by atoms with van der Waals surface area (Å²) < 4.78 is 1.92. The zero-order valence-electron chi connectivity index (χ0n) is 20.0. The maximum atomic E-state index is 13.5. The van der Waals surface area contributed by atoms with Crippen LogP contribution in [0.4, 0.5) is 5.69 Å². The molecular weight excluding hydrogens is 424 g/mol. The molecular formula is C27H30N6O. The number of likely N-dealkylation sites (N-methyl/N-ethyl adjacent to an activating group) is 1. The lowest BCUT2D eigenvalue weighted by Gasteiger charge is -2.32. The number of hydrogen-bond donors (Lipinski definition) is 1. The Morgan fingerprint density at radius 2 is 1.74 bits per heavy atom. The summed E-state index contributed by atoms with van der Waals surface area (Å²) in [4.78, 5) is 18.3. The number of nitrogens with one attached hydrogen (secondary N) is 1. The molecule has 1 aliphatic heterocycles. The molecule has 1 fully saturated rings. The number of nitrogens with zero attached hydrogens (tertiary/aromatic N) is 5. The fourth-order valence-electron chi connectivity index (χ4n) is 4.57. The van der Waals surface area contributed by atoms with E-state index in [-0.39, 0.29) is 5.91 Å². The van der Waals surface area contributed by atoms with Crippen molar-refractivity contribution in [1.29, 1.82) is 0 Å². The van der Waals surface area contributed by atoms with Crippen LogP contribution < -0.4 is 5.32 Å². The smallest absolute Gasteiger partial charge is 0.259 e. The summed E-state index contributed by atoms with van der Waals surface area (Å²) in [6, 6.07) is 18.2. The Morgan fingerprint density at radius 3 is 2.50 bits per heavy atom. The van der Waals surface area contributed by atoms with E-state index < -0.39 is 0 Å². The molecule has 2 aromatic carbocycles. The van der Waals surface area contributed by atoms with E-state index in [9.17, 15) is 4.79 Å². The van der Waals surface area contributed by atoms with Crippen molar-refractivity contribution in [3.05, 3.63) is 83.3 Å². The highest BCUT2D eigenvalue weighted by Gasteiger charge is 2.20. The van der Waals surface area contributed by atoms with Gasteiger partial charge in [-0.1, -0.05) is 42.5 Å². The molecule has 1 N–H and O–H groups in total. The van der Waals surface area contributed by atoms with Crippen LogP contribution in [-0.2, 0) is 6.54 Å². The summed E-state index contributed by atoms with van der Waals surface area (Å²) in [5.41, 5.74) is 6.26. The quantitative estimate of drug-likeness (QED) is 0.494. The predicted molar refractivity (Wildman–Crippen MR) is 135 cm³/mol. The van der Waals surface area contributed by atoms with E-state index in [2.05, 4.69) is 56.8 Å². The standard InChI is InChI=1S/C27H30N6O/c1-19-23(22-8-5-4-6-9-22)10-7-11-25(19)28-27(34)24-16-21(17-32-14-12-31(3)13-15-32)18-33-20(2)29-30-26(24)33/h4-11,16,18H,12-15,17H2,1-3H3,(H,28,34). The number of carbonyl (C=O) groups is 1. The van der Waals surface area contributed by atoms with Crippen molar-refractivity contribution in [2.45, 2.75) is 20.4 Å². The van der Waals surface area contributed by atoms with E-state index in [0.717, 1.165) is 66.5 Å². The number of hydrogen-bond acceptors (Lipinski definition) is 5. The van der Waals surface area contributed by atoms with E-state index in [0.29, 0.717) is 11.2 Å². The fraction of sp³-hybridized carbons (Fsp3) is 0.296. The van der Waals surface area contributed by atoms with Crippen molar-refractivity contribution in [3.63, 3.8) is 0 Å². The Bertz CT molecular complexity index is 1320. The Morgan fingerprint density at radius 1 is 0.971 bits per heavy atom. The topological polar surface area (TPSA) is 65.8 Å². The van der Waals surface area contributed by atoms with Crippen LogP contribution >= 0.6 is 0 Å². The summed E-state index contributed by atoms with van der Waals surface area (Å²) in [5, 5.41) is 11.7. The van der Waals surface area contributed by atoms with Crippen LogP contribution in [0.3, 0.4) is 0 Å². The van der Waals surface area contributed by atoms with Crippen LogP contribution in [0.15, 0.2) is 60.8 Å². The Hall–Kier alpha value is -3.55. The molecule has 0 aliphatic carbocycles. The van der Waals surface area contributed by atoms with Gasteiger partial charge in [-0.05, 0) is 55.3 Å². The number of pyridine rings is 1. The highest BCUT2D eigenvalue weighted by molar-refractivity contribution is 6.09. The lowest BCUT2D eigenvalue weighted by atomic mass is 9.99. The number of carbonyl (C=O) groups excluding carboxylic acids is 1. The largest absolute Gasteiger partial charge is 0.322 e. The molecule has 0 bridgehead atoms. The van der Waals surface area contributed by atoms with Crippen LogP contribution in [0.1, 0.15) is 27.3 Å². The van der Waals surface area contributed by atoms with Gasteiger partial charge in [0.15, 0.2) is 5.65 Å². The molecule has 1 saturated heterocycles. The van der Waals surface area contributed by atoms with Crippen molar-refractivity contribution < 1.29 is 4.79 Å². The first kappa shape index (κ1) is 22.3. The number of piperazine rings is 1. The Labute approximate surface area is 200 Å². The molecule has 174 valence electrons. The van der Waals surface area contributed by atoms with Crippen molar-refractivity contribution in [2.75, 3.05) is 38.5 Å². The number of fused-ring (bicyclic) bond motifs is 1. The van der Waals surface area contributed by atoms with Crippen LogP contribution in [0.2, 0.25) is 0 Å². The summed E-state index contributed by atoms with van der Waals surface area (Å²) in [5.74, 6) is 0.595. The third-order valence-electron chi connectivity index (χ3n) is 6.65. The van der Waals surface area contributed by atoms with E-state index >= 15 is 0 Å². The van der Waals surface area contributed by atoms with Crippen molar-refractivity contribution in [1.82, 2.24) is 24.4 Å². The molecule has 0 spiro atoms. The number of rotatable bonds is 5. The molecule has 2 aromatic heterocycles. The molecule has 7 heteroatoms. The van der Waals surface area contributed by atoms with Gasteiger partial charge in [-0.2, -0.15) is 0 Å². The maximum absolute atomic E-state index is 13.5. The van der Waals surface area contributed by atoms with Crippen LogP contribution in [-0.4, -0.2) is 63.5 Å². The molecule has 1 aliphatic rings. The van der Waals surface area contributed by atoms with Gasteiger partial charge in [-0.15, -0.1) is 10.2 Å². The lowest BCUT2D eigenvalue weighted by molar-refractivity contribution is 0.102. The molecule has 34 heavy (non-hydrogen) atoms. The van der Waals surface area contributed by atoms with Gasteiger partial charge in [0.2, 0.25) is 0 Å². The molecule has 3 heterocycles. The molecule has 1 amide bonds. The van der Waals surface area contributed by atoms with Gasteiger partial charge >= 0.3 is 0 Å². The third-order valence-corrected chi connectivity index (χ3v) is 6.65. The van der Waals surface area contributed by atoms with Crippen molar-refractivity contribution in [3.8, 4) is 11.1 Å². The normalized spacial score (nSPS) is 15.0. The number of amides is 1. The van der Waals surface area contributed by atoms with E-state index in [1.165, 1.54) is 0 Å². The number of aromatic nitrogens is 3. The van der Waals surface area contributed by atoms with E-state index in [1.807, 2.05) is 54.6 Å². The van der Waals surface area contributed by atoms with Gasteiger partial charge in [0.1, 0.15) is 5.82 Å². The van der Waals surface area contributed by atoms with Gasteiger partial charge < -0.3 is 10.2 Å². The second-order valence-corrected chi connectivity index (χ2v) is 9.08. The molecule has 0 saturated carbocycles. The van der Waals surface area contributed by atoms with Crippen molar-refractivity contribution >= 4 is 17.2 Å². The average Bonchev–Trinajstić information content (AvgIpc) is 3.22. The zero-order valence-corrected chi connectivity index (χ0v) is 20.0. The first-order valence-electron chi connectivity index (χ1n) is 11.7. The summed E-state index contributed by atoms with van der Waals surface area (Å²) in [6.45, 7) is 8.89. The van der Waals surface area contributed by atoms with Gasteiger partial charge in [0, 0.05) is 44.6 Å². The fourth-order valence-corrected chi connectivity index (χ4v) is 4.57. The van der Waals surface area contributed by atoms with E-state index in [4.69, 9.17) is 0 Å².